The van der Waals surface area contributed by atoms with E-state index in [1.54, 1.807) is 55.6 Å². The summed E-state index contributed by atoms with van der Waals surface area (Å²) in [7, 11) is 1.56. The zero-order chi connectivity index (χ0) is 15.5. The Kier molecular flexibility index (Phi) is 3.65. The Morgan fingerprint density at radius 1 is 1.18 bits per heavy atom. The standard InChI is InChI=1S/C16H14N2O4/c1-21-11-8-6-10(7-9-11)17-15(19)14-16(20)18-12-4-2-3-5-13(12)22-14/h2-9,14H,1H3,(H,17,19)(H,18,20)/t14-/m1/s1. The highest BCUT2D eigenvalue weighted by Crippen LogP contribution is 2.29. The molecular weight excluding hydrogens is 284 g/mol. The number of rotatable bonds is 3. The van der Waals surface area contributed by atoms with Gasteiger partial charge in [0.25, 0.3) is 17.9 Å². The smallest absolute Gasteiger partial charge is 0.275 e. The van der Waals surface area contributed by atoms with Crippen LogP contribution >= 0.6 is 0 Å². The lowest BCUT2D eigenvalue weighted by atomic mass is 10.2. The fourth-order valence-corrected chi connectivity index (χ4v) is 2.11. The summed E-state index contributed by atoms with van der Waals surface area (Å²) in [5.74, 6) is 0.123. The molecule has 3 rings (SSSR count). The lowest BCUT2D eigenvalue weighted by Crippen LogP contribution is -2.45. The number of para-hydroxylation sites is 2. The molecule has 112 valence electrons. The largest absolute Gasteiger partial charge is 0.497 e. The Balaban J connectivity index is 1.73. The van der Waals surface area contributed by atoms with Gasteiger partial charge >= 0.3 is 0 Å². The molecule has 6 heteroatoms. The van der Waals surface area contributed by atoms with Crippen LogP contribution in [0.3, 0.4) is 0 Å². The van der Waals surface area contributed by atoms with Crippen molar-refractivity contribution in [2.24, 2.45) is 0 Å². The van der Waals surface area contributed by atoms with E-state index >= 15 is 0 Å². The fraction of sp³-hybridized carbons (Fsp3) is 0.125. The van der Waals surface area contributed by atoms with Gasteiger partial charge in [0.2, 0.25) is 0 Å². The second kappa shape index (κ2) is 5.77. The van der Waals surface area contributed by atoms with Crippen LogP contribution in [0.4, 0.5) is 11.4 Å². The number of benzene rings is 2. The molecule has 0 fully saturated rings. The molecule has 0 spiro atoms. The van der Waals surface area contributed by atoms with Crippen molar-refractivity contribution >= 4 is 23.2 Å². The number of amides is 2. The summed E-state index contributed by atoms with van der Waals surface area (Å²) in [6.07, 6.45) is -1.22. The maximum atomic E-state index is 12.2. The van der Waals surface area contributed by atoms with Gasteiger partial charge in [0.15, 0.2) is 0 Å². The minimum absolute atomic E-state index is 0.469. The first kappa shape index (κ1) is 13.9. The quantitative estimate of drug-likeness (QED) is 0.850. The Morgan fingerprint density at radius 3 is 2.64 bits per heavy atom. The molecule has 22 heavy (non-hydrogen) atoms. The van der Waals surface area contributed by atoms with Crippen LogP contribution in [-0.2, 0) is 9.59 Å². The number of fused-ring (bicyclic) bond motifs is 1. The molecule has 2 N–H and O–H groups in total. The molecule has 0 saturated heterocycles. The van der Waals surface area contributed by atoms with Crippen LogP contribution in [0.5, 0.6) is 11.5 Å². The van der Waals surface area contributed by atoms with Gasteiger partial charge in [-0.2, -0.15) is 0 Å². The van der Waals surface area contributed by atoms with Crippen LogP contribution in [0, 0.1) is 0 Å². The number of methoxy groups -OCH3 is 1. The zero-order valence-corrected chi connectivity index (χ0v) is 11.8. The third-order valence-electron chi connectivity index (χ3n) is 3.22. The summed E-state index contributed by atoms with van der Waals surface area (Å²) in [6, 6.07) is 13.8. The second-order valence-electron chi connectivity index (χ2n) is 4.70. The molecule has 0 bridgehead atoms. The second-order valence-corrected chi connectivity index (χ2v) is 4.70. The maximum Gasteiger partial charge on any atom is 0.275 e. The van der Waals surface area contributed by atoms with E-state index in [-0.39, 0.29) is 0 Å². The third-order valence-corrected chi connectivity index (χ3v) is 3.22. The number of ether oxygens (including phenoxy) is 2. The van der Waals surface area contributed by atoms with Gasteiger partial charge in [0.1, 0.15) is 11.5 Å². The molecule has 2 aromatic carbocycles. The van der Waals surface area contributed by atoms with Crippen LogP contribution in [0.2, 0.25) is 0 Å². The molecule has 2 amide bonds. The molecule has 0 radical (unpaired) electrons. The third kappa shape index (κ3) is 2.71. The first-order valence-electron chi connectivity index (χ1n) is 6.69. The zero-order valence-electron chi connectivity index (χ0n) is 11.8. The van der Waals surface area contributed by atoms with Crippen molar-refractivity contribution in [1.82, 2.24) is 0 Å². The highest BCUT2D eigenvalue weighted by Gasteiger charge is 2.33. The predicted molar refractivity (Wildman–Crippen MR) is 81.1 cm³/mol. The minimum Gasteiger partial charge on any atom is -0.497 e. The molecule has 0 saturated carbocycles. The van der Waals surface area contributed by atoms with Gasteiger partial charge in [-0.25, -0.2) is 0 Å². The summed E-state index contributed by atoms with van der Waals surface area (Å²) >= 11 is 0. The van der Waals surface area contributed by atoms with Crippen LogP contribution in [0.25, 0.3) is 0 Å². The van der Waals surface area contributed by atoms with Crippen LogP contribution < -0.4 is 20.1 Å². The van der Waals surface area contributed by atoms with Gasteiger partial charge in [-0.1, -0.05) is 12.1 Å². The Hall–Kier alpha value is -3.02. The normalized spacial score (nSPS) is 16.0. The number of carbonyl (C=O) groups excluding carboxylic acids is 2. The topological polar surface area (TPSA) is 76.7 Å². The van der Waals surface area contributed by atoms with Gasteiger partial charge in [0, 0.05) is 5.69 Å². The summed E-state index contributed by atoms with van der Waals surface area (Å²) < 4.78 is 10.5. The first-order chi connectivity index (χ1) is 10.7. The Morgan fingerprint density at radius 2 is 1.91 bits per heavy atom. The SMILES string of the molecule is COc1ccc(NC(=O)[C@H]2Oc3ccccc3NC2=O)cc1. The van der Waals surface area contributed by atoms with E-state index in [4.69, 9.17) is 9.47 Å². The highest BCUT2D eigenvalue weighted by molar-refractivity contribution is 6.15. The lowest BCUT2D eigenvalue weighted by molar-refractivity contribution is -0.133. The first-order valence-corrected chi connectivity index (χ1v) is 6.69. The van der Waals surface area contributed by atoms with E-state index in [1.165, 1.54) is 0 Å². The van der Waals surface area contributed by atoms with Gasteiger partial charge < -0.3 is 20.1 Å². The van der Waals surface area contributed by atoms with E-state index in [9.17, 15) is 9.59 Å². The summed E-state index contributed by atoms with van der Waals surface area (Å²) in [5.41, 5.74) is 1.11. The van der Waals surface area contributed by atoms with Crippen molar-refractivity contribution in [3.8, 4) is 11.5 Å². The molecular formula is C16H14N2O4. The van der Waals surface area contributed by atoms with Gasteiger partial charge in [-0.15, -0.1) is 0 Å². The number of carbonyl (C=O) groups is 2. The van der Waals surface area contributed by atoms with Crippen molar-refractivity contribution in [2.45, 2.75) is 6.10 Å². The molecule has 1 aliphatic rings. The van der Waals surface area contributed by atoms with Crippen LogP contribution in [0.1, 0.15) is 0 Å². The van der Waals surface area contributed by atoms with Crippen molar-refractivity contribution in [1.29, 1.82) is 0 Å². The molecule has 1 heterocycles. The monoisotopic (exact) mass is 298 g/mol. The molecule has 1 aliphatic heterocycles. The molecule has 2 aromatic rings. The Labute approximate surface area is 127 Å². The van der Waals surface area contributed by atoms with Gasteiger partial charge in [-0.05, 0) is 36.4 Å². The summed E-state index contributed by atoms with van der Waals surface area (Å²) in [5, 5.41) is 5.29. The van der Waals surface area contributed by atoms with Gasteiger partial charge in [0.05, 0.1) is 12.8 Å². The van der Waals surface area contributed by atoms with E-state index in [2.05, 4.69) is 10.6 Å². The fourth-order valence-electron chi connectivity index (χ4n) is 2.11. The van der Waals surface area contributed by atoms with Crippen molar-refractivity contribution in [2.75, 3.05) is 17.7 Å². The molecule has 0 unspecified atom stereocenters. The van der Waals surface area contributed by atoms with Crippen LogP contribution in [-0.4, -0.2) is 25.0 Å². The van der Waals surface area contributed by atoms with Crippen molar-refractivity contribution in [3.63, 3.8) is 0 Å². The van der Waals surface area contributed by atoms with E-state index < -0.39 is 17.9 Å². The number of anilines is 2. The number of hydrogen-bond acceptors (Lipinski definition) is 4. The highest BCUT2D eigenvalue weighted by atomic mass is 16.5. The molecule has 1 atom stereocenters. The lowest BCUT2D eigenvalue weighted by Gasteiger charge is -2.24. The van der Waals surface area contributed by atoms with E-state index in [0.29, 0.717) is 22.9 Å². The summed E-state index contributed by atoms with van der Waals surface area (Å²) in [4.78, 5) is 24.2. The average molecular weight is 298 g/mol. The molecule has 0 aliphatic carbocycles. The van der Waals surface area contributed by atoms with Gasteiger partial charge in [-0.3, -0.25) is 9.59 Å². The average Bonchev–Trinajstić information content (AvgIpc) is 2.54. The molecule has 0 aromatic heterocycles. The number of hydrogen-bond donors (Lipinski definition) is 2. The maximum absolute atomic E-state index is 12.2. The Bertz CT molecular complexity index is 712. The minimum atomic E-state index is -1.22. The van der Waals surface area contributed by atoms with Crippen LogP contribution in [0.15, 0.2) is 48.5 Å². The van der Waals surface area contributed by atoms with E-state index in [0.717, 1.165) is 0 Å². The predicted octanol–water partition coefficient (Wildman–Crippen LogP) is 2.03. The van der Waals surface area contributed by atoms with E-state index in [1.807, 2.05) is 0 Å². The molecule has 6 nitrogen and oxygen atoms in total. The van der Waals surface area contributed by atoms with Crippen molar-refractivity contribution in [3.05, 3.63) is 48.5 Å². The summed E-state index contributed by atoms with van der Waals surface area (Å²) in [6.45, 7) is 0. The number of nitrogens with one attached hydrogen (secondary N) is 2. The van der Waals surface area contributed by atoms with Crippen molar-refractivity contribution < 1.29 is 19.1 Å².